The number of rotatable bonds is 2. The fourth-order valence-electron chi connectivity index (χ4n) is 2.44. The molecule has 0 unspecified atom stereocenters. The third-order valence-corrected chi connectivity index (χ3v) is 3.59. The van der Waals surface area contributed by atoms with E-state index in [2.05, 4.69) is 9.88 Å². The summed E-state index contributed by atoms with van der Waals surface area (Å²) in [7, 11) is 0. The standard InChI is InChI=1S/C13H15ClN4O/c14-9-1-2-12-16-11(5-13(19)18(12)6-9)8-17-4-3-10(15)7-17/h1-2,5-6,10H,3-4,7-8,15H2/t10-/m1/s1. The molecule has 6 heteroatoms. The predicted molar refractivity (Wildman–Crippen MR) is 74.3 cm³/mol. The van der Waals surface area contributed by atoms with Crippen molar-refractivity contribution in [1.82, 2.24) is 14.3 Å². The molecule has 1 aliphatic rings. The van der Waals surface area contributed by atoms with Gasteiger partial charge in [-0.15, -0.1) is 0 Å². The minimum absolute atomic E-state index is 0.106. The minimum atomic E-state index is -0.106. The molecule has 0 amide bonds. The number of aromatic nitrogens is 2. The van der Waals surface area contributed by atoms with E-state index in [0.29, 0.717) is 17.2 Å². The van der Waals surface area contributed by atoms with Gasteiger partial charge in [-0.2, -0.15) is 0 Å². The Labute approximate surface area is 115 Å². The Balaban J connectivity index is 1.93. The maximum absolute atomic E-state index is 12.0. The Kier molecular flexibility index (Phi) is 3.26. The van der Waals surface area contributed by atoms with Gasteiger partial charge >= 0.3 is 0 Å². The van der Waals surface area contributed by atoms with Crippen LogP contribution in [0.15, 0.2) is 29.2 Å². The Morgan fingerprint density at radius 1 is 1.47 bits per heavy atom. The van der Waals surface area contributed by atoms with Gasteiger partial charge in [0.25, 0.3) is 5.56 Å². The van der Waals surface area contributed by atoms with Crippen molar-refractivity contribution in [2.24, 2.45) is 5.73 Å². The third-order valence-electron chi connectivity index (χ3n) is 3.37. The van der Waals surface area contributed by atoms with Crippen LogP contribution in [-0.2, 0) is 6.54 Å². The van der Waals surface area contributed by atoms with Crippen LogP contribution < -0.4 is 11.3 Å². The van der Waals surface area contributed by atoms with E-state index in [1.807, 2.05) is 0 Å². The van der Waals surface area contributed by atoms with Crippen molar-refractivity contribution in [2.75, 3.05) is 13.1 Å². The second kappa shape index (κ2) is 4.92. The first-order chi connectivity index (χ1) is 9.11. The second-order valence-electron chi connectivity index (χ2n) is 4.95. The average Bonchev–Trinajstić information content (AvgIpc) is 2.76. The summed E-state index contributed by atoms with van der Waals surface area (Å²) in [6, 6.07) is 5.29. The number of halogens is 1. The molecule has 1 aliphatic heterocycles. The van der Waals surface area contributed by atoms with Crippen LogP contribution in [0, 0.1) is 0 Å². The zero-order valence-corrected chi connectivity index (χ0v) is 11.2. The highest BCUT2D eigenvalue weighted by Crippen LogP contribution is 2.12. The fraction of sp³-hybridized carbons (Fsp3) is 0.385. The number of pyridine rings is 1. The average molecular weight is 279 g/mol. The van der Waals surface area contributed by atoms with Crippen LogP contribution in [0.4, 0.5) is 0 Å². The summed E-state index contributed by atoms with van der Waals surface area (Å²) in [5.74, 6) is 0. The molecule has 2 N–H and O–H groups in total. The molecule has 0 radical (unpaired) electrons. The molecule has 1 atom stereocenters. The minimum Gasteiger partial charge on any atom is -0.326 e. The summed E-state index contributed by atoms with van der Waals surface area (Å²) in [6.45, 7) is 2.49. The van der Waals surface area contributed by atoms with E-state index in [-0.39, 0.29) is 11.6 Å². The van der Waals surface area contributed by atoms with Crippen LogP contribution in [0.5, 0.6) is 0 Å². The van der Waals surface area contributed by atoms with Crippen LogP contribution in [0.25, 0.3) is 5.65 Å². The smallest absolute Gasteiger partial charge is 0.258 e. The van der Waals surface area contributed by atoms with Crippen LogP contribution in [0.3, 0.4) is 0 Å². The van der Waals surface area contributed by atoms with E-state index in [0.717, 1.165) is 25.2 Å². The molecule has 3 rings (SSSR count). The molecule has 0 saturated carbocycles. The molecule has 19 heavy (non-hydrogen) atoms. The van der Waals surface area contributed by atoms with Crippen LogP contribution in [-0.4, -0.2) is 33.4 Å². The van der Waals surface area contributed by atoms with E-state index in [1.54, 1.807) is 24.4 Å². The summed E-state index contributed by atoms with van der Waals surface area (Å²) in [5.41, 5.74) is 7.17. The lowest BCUT2D eigenvalue weighted by Crippen LogP contribution is -2.27. The number of nitrogens with zero attached hydrogens (tertiary/aromatic N) is 3. The van der Waals surface area contributed by atoms with Crippen LogP contribution in [0.1, 0.15) is 12.1 Å². The lowest BCUT2D eigenvalue weighted by atomic mass is 10.3. The highest BCUT2D eigenvalue weighted by molar-refractivity contribution is 6.30. The van der Waals surface area contributed by atoms with E-state index in [1.165, 1.54) is 4.40 Å². The fourth-order valence-corrected chi connectivity index (χ4v) is 2.60. The zero-order valence-electron chi connectivity index (χ0n) is 10.4. The van der Waals surface area contributed by atoms with Gasteiger partial charge in [-0.25, -0.2) is 4.98 Å². The van der Waals surface area contributed by atoms with Gasteiger partial charge < -0.3 is 5.73 Å². The van der Waals surface area contributed by atoms with Gasteiger partial charge in [0.15, 0.2) is 0 Å². The molecule has 3 heterocycles. The normalized spacial score (nSPS) is 20.2. The summed E-state index contributed by atoms with van der Waals surface area (Å²) >= 11 is 5.87. The van der Waals surface area contributed by atoms with Crippen molar-refractivity contribution >= 4 is 17.2 Å². The maximum Gasteiger partial charge on any atom is 0.258 e. The van der Waals surface area contributed by atoms with E-state index in [4.69, 9.17) is 17.3 Å². The molecule has 1 saturated heterocycles. The molecule has 1 fully saturated rings. The Hall–Kier alpha value is -1.43. The van der Waals surface area contributed by atoms with Gasteiger partial charge in [0.1, 0.15) is 5.65 Å². The van der Waals surface area contributed by atoms with Crippen molar-refractivity contribution in [3.63, 3.8) is 0 Å². The van der Waals surface area contributed by atoms with Gasteiger partial charge in [-0.3, -0.25) is 14.1 Å². The first-order valence-corrected chi connectivity index (χ1v) is 6.65. The van der Waals surface area contributed by atoms with Gasteiger partial charge in [0.2, 0.25) is 0 Å². The first kappa shape index (κ1) is 12.6. The largest absolute Gasteiger partial charge is 0.326 e. The topological polar surface area (TPSA) is 63.6 Å². The summed E-state index contributed by atoms with van der Waals surface area (Å²) in [6.07, 6.45) is 2.59. The monoisotopic (exact) mass is 278 g/mol. The van der Waals surface area contributed by atoms with Crippen molar-refractivity contribution in [3.05, 3.63) is 45.5 Å². The SMILES string of the molecule is N[C@@H]1CCN(Cc2cc(=O)n3cc(Cl)ccc3n2)C1. The number of hydrogen-bond donors (Lipinski definition) is 1. The van der Waals surface area contributed by atoms with E-state index in [9.17, 15) is 4.79 Å². The maximum atomic E-state index is 12.0. The zero-order chi connectivity index (χ0) is 13.4. The molecule has 5 nitrogen and oxygen atoms in total. The van der Waals surface area contributed by atoms with Crippen molar-refractivity contribution in [2.45, 2.75) is 19.0 Å². The number of fused-ring (bicyclic) bond motifs is 1. The number of likely N-dealkylation sites (tertiary alicyclic amines) is 1. The number of nitrogens with two attached hydrogens (primary N) is 1. The van der Waals surface area contributed by atoms with Crippen molar-refractivity contribution in [3.8, 4) is 0 Å². The molecular formula is C13H15ClN4O. The Morgan fingerprint density at radius 3 is 3.05 bits per heavy atom. The predicted octanol–water partition coefficient (Wildman–Crippen LogP) is 0.881. The number of hydrogen-bond acceptors (Lipinski definition) is 4. The van der Waals surface area contributed by atoms with E-state index < -0.39 is 0 Å². The highest BCUT2D eigenvalue weighted by atomic mass is 35.5. The van der Waals surface area contributed by atoms with Gasteiger partial charge in [0, 0.05) is 37.9 Å². The summed E-state index contributed by atoms with van der Waals surface area (Å²) < 4.78 is 1.46. The summed E-state index contributed by atoms with van der Waals surface area (Å²) in [5, 5.41) is 0.523. The first-order valence-electron chi connectivity index (χ1n) is 6.27. The lowest BCUT2D eigenvalue weighted by molar-refractivity contribution is 0.323. The molecule has 0 aromatic carbocycles. The second-order valence-corrected chi connectivity index (χ2v) is 5.38. The molecule has 2 aromatic heterocycles. The van der Waals surface area contributed by atoms with Crippen LogP contribution >= 0.6 is 11.6 Å². The molecule has 100 valence electrons. The molecule has 0 aliphatic carbocycles. The molecule has 0 bridgehead atoms. The summed E-state index contributed by atoms with van der Waals surface area (Å²) in [4.78, 5) is 18.7. The molecular weight excluding hydrogens is 264 g/mol. The van der Waals surface area contributed by atoms with Crippen LogP contribution in [0.2, 0.25) is 5.02 Å². The molecule has 2 aromatic rings. The molecule has 0 spiro atoms. The third kappa shape index (κ3) is 2.63. The van der Waals surface area contributed by atoms with Crippen molar-refractivity contribution < 1.29 is 0 Å². The van der Waals surface area contributed by atoms with Crippen molar-refractivity contribution in [1.29, 1.82) is 0 Å². The van der Waals surface area contributed by atoms with E-state index >= 15 is 0 Å². The lowest BCUT2D eigenvalue weighted by Gasteiger charge is -2.14. The van der Waals surface area contributed by atoms with Gasteiger partial charge in [-0.05, 0) is 18.6 Å². The highest BCUT2D eigenvalue weighted by Gasteiger charge is 2.19. The van der Waals surface area contributed by atoms with Gasteiger partial charge in [-0.1, -0.05) is 11.6 Å². The Morgan fingerprint density at radius 2 is 2.32 bits per heavy atom. The quantitative estimate of drug-likeness (QED) is 0.886. The Bertz CT molecular complexity index is 669. The van der Waals surface area contributed by atoms with Gasteiger partial charge in [0.05, 0.1) is 10.7 Å².